The van der Waals surface area contributed by atoms with Crippen molar-refractivity contribution in [1.82, 2.24) is 4.31 Å². The molecule has 1 aliphatic rings. The summed E-state index contributed by atoms with van der Waals surface area (Å²) in [5.41, 5.74) is 0. The minimum absolute atomic E-state index is 0.0800. The average Bonchev–Trinajstić information content (AvgIpc) is 2.38. The fraction of sp³-hybridized carbons (Fsp3) is 0.909. The summed E-state index contributed by atoms with van der Waals surface area (Å²) in [4.78, 5) is 11.3. The molecule has 18 heavy (non-hydrogen) atoms. The second-order valence-corrected chi connectivity index (χ2v) is 6.24. The molecule has 0 bridgehead atoms. The van der Waals surface area contributed by atoms with Crippen molar-refractivity contribution in [2.45, 2.75) is 26.2 Å². The van der Waals surface area contributed by atoms with Gasteiger partial charge in [0.25, 0.3) is 0 Å². The second-order valence-electron chi connectivity index (χ2n) is 4.15. The van der Waals surface area contributed by atoms with Gasteiger partial charge in [-0.25, -0.2) is 8.42 Å². The third kappa shape index (κ3) is 5.32. The number of sulfonamides is 1. The highest BCUT2D eigenvalue weighted by Gasteiger charge is 2.25. The number of morpholine rings is 1. The molecule has 1 aliphatic heterocycles. The van der Waals surface area contributed by atoms with Gasteiger partial charge in [-0.05, 0) is 6.42 Å². The summed E-state index contributed by atoms with van der Waals surface area (Å²) in [5.74, 6) is -0.627. The number of carbonyl (C=O) groups is 1. The third-order valence-electron chi connectivity index (χ3n) is 2.69. The van der Waals surface area contributed by atoms with Crippen LogP contribution in [0.15, 0.2) is 0 Å². The summed E-state index contributed by atoms with van der Waals surface area (Å²) >= 11 is 0. The number of nitrogens with zero attached hydrogens (tertiary/aromatic N) is 1. The lowest BCUT2D eigenvalue weighted by atomic mass is 10.4. The zero-order valence-electron chi connectivity index (χ0n) is 10.8. The van der Waals surface area contributed by atoms with Crippen molar-refractivity contribution in [3.05, 3.63) is 0 Å². The zero-order chi connectivity index (χ0) is 13.4. The Morgan fingerprint density at radius 3 is 2.61 bits per heavy atom. The fourth-order valence-corrected chi connectivity index (χ4v) is 2.96. The lowest BCUT2D eigenvalue weighted by molar-refractivity contribution is -0.143. The van der Waals surface area contributed by atoms with Gasteiger partial charge in [-0.2, -0.15) is 4.31 Å². The molecule has 1 saturated heterocycles. The highest BCUT2D eigenvalue weighted by molar-refractivity contribution is 7.89. The molecule has 7 heteroatoms. The Morgan fingerprint density at radius 2 is 2.00 bits per heavy atom. The molecule has 0 radical (unpaired) electrons. The van der Waals surface area contributed by atoms with E-state index in [1.54, 1.807) is 0 Å². The van der Waals surface area contributed by atoms with Gasteiger partial charge in [-0.15, -0.1) is 0 Å². The van der Waals surface area contributed by atoms with Crippen LogP contribution >= 0.6 is 0 Å². The molecule has 1 rings (SSSR count). The molecule has 0 aromatic heterocycles. The number of ether oxygens (including phenoxy) is 2. The van der Waals surface area contributed by atoms with Crippen molar-refractivity contribution in [2.75, 3.05) is 38.7 Å². The van der Waals surface area contributed by atoms with Crippen molar-refractivity contribution < 1.29 is 22.7 Å². The maximum absolute atomic E-state index is 11.9. The highest BCUT2D eigenvalue weighted by atomic mass is 32.2. The average molecular weight is 279 g/mol. The van der Waals surface area contributed by atoms with Gasteiger partial charge >= 0.3 is 5.97 Å². The van der Waals surface area contributed by atoms with Crippen LogP contribution in [0.1, 0.15) is 26.2 Å². The van der Waals surface area contributed by atoms with Gasteiger partial charge in [0.05, 0.1) is 32.0 Å². The van der Waals surface area contributed by atoms with Gasteiger partial charge in [0.15, 0.2) is 0 Å². The summed E-state index contributed by atoms with van der Waals surface area (Å²) in [6, 6.07) is 0. The molecule has 0 atom stereocenters. The molecule has 0 spiro atoms. The smallest absolute Gasteiger partial charge is 0.306 e. The second kappa shape index (κ2) is 7.70. The Labute approximate surface area is 108 Å². The lowest BCUT2D eigenvalue weighted by Gasteiger charge is -2.25. The molecule has 106 valence electrons. The standard InChI is InChI=1S/C11H21NO5S/c1-2-3-7-17-11(13)4-10-18(14,15)12-5-8-16-9-6-12/h2-10H2,1H3. The summed E-state index contributed by atoms with van der Waals surface area (Å²) in [7, 11) is -3.36. The van der Waals surface area contributed by atoms with Crippen LogP contribution in [0.25, 0.3) is 0 Å². The maximum atomic E-state index is 11.9. The van der Waals surface area contributed by atoms with Crippen molar-refractivity contribution in [1.29, 1.82) is 0 Å². The number of carbonyl (C=O) groups excluding carboxylic acids is 1. The molecule has 0 aromatic rings. The first-order valence-corrected chi connectivity index (χ1v) is 7.88. The quantitative estimate of drug-likeness (QED) is 0.497. The van der Waals surface area contributed by atoms with Crippen LogP contribution in [0.4, 0.5) is 0 Å². The molecule has 0 N–H and O–H groups in total. The first kappa shape index (κ1) is 15.4. The molecular formula is C11H21NO5S. The minimum atomic E-state index is -3.36. The van der Waals surface area contributed by atoms with Crippen LogP contribution < -0.4 is 0 Å². The van der Waals surface area contributed by atoms with E-state index in [9.17, 15) is 13.2 Å². The van der Waals surface area contributed by atoms with E-state index in [0.717, 1.165) is 12.8 Å². The largest absolute Gasteiger partial charge is 0.466 e. The van der Waals surface area contributed by atoms with Gasteiger partial charge in [-0.3, -0.25) is 4.79 Å². The zero-order valence-corrected chi connectivity index (χ0v) is 11.6. The summed E-state index contributed by atoms with van der Waals surface area (Å²) < 4.78 is 35.1. The maximum Gasteiger partial charge on any atom is 0.306 e. The van der Waals surface area contributed by atoms with E-state index in [4.69, 9.17) is 9.47 Å². The molecule has 0 aliphatic carbocycles. The molecule has 1 fully saturated rings. The first-order chi connectivity index (χ1) is 8.56. The van der Waals surface area contributed by atoms with Crippen molar-refractivity contribution in [3.63, 3.8) is 0 Å². The fourth-order valence-electron chi connectivity index (χ4n) is 1.57. The minimum Gasteiger partial charge on any atom is -0.466 e. The van der Waals surface area contributed by atoms with Gasteiger partial charge in [0, 0.05) is 13.1 Å². The highest BCUT2D eigenvalue weighted by Crippen LogP contribution is 2.07. The van der Waals surface area contributed by atoms with E-state index in [2.05, 4.69) is 0 Å². The van der Waals surface area contributed by atoms with Crippen LogP contribution in [0, 0.1) is 0 Å². The van der Waals surface area contributed by atoms with E-state index in [1.165, 1.54) is 4.31 Å². The SMILES string of the molecule is CCCCOC(=O)CCS(=O)(=O)N1CCOCC1. The van der Waals surface area contributed by atoms with Crippen LogP contribution in [0.3, 0.4) is 0 Å². The van der Waals surface area contributed by atoms with Crippen molar-refractivity contribution in [2.24, 2.45) is 0 Å². The predicted octanol–water partition coefficient (Wildman–Crippen LogP) is 0.382. The topological polar surface area (TPSA) is 72.9 Å². The number of hydrogen-bond acceptors (Lipinski definition) is 5. The Hall–Kier alpha value is -0.660. The Kier molecular flexibility index (Phi) is 6.59. The van der Waals surface area contributed by atoms with E-state index in [1.807, 2.05) is 6.92 Å². The van der Waals surface area contributed by atoms with E-state index in [0.29, 0.717) is 32.9 Å². The van der Waals surface area contributed by atoms with Crippen LogP contribution in [-0.4, -0.2) is 57.4 Å². The molecule has 6 nitrogen and oxygen atoms in total. The summed E-state index contributed by atoms with van der Waals surface area (Å²) in [5, 5.41) is 0. The van der Waals surface area contributed by atoms with E-state index >= 15 is 0 Å². The molecule has 1 heterocycles. The van der Waals surface area contributed by atoms with Gasteiger partial charge in [0.1, 0.15) is 0 Å². The molecule has 0 aromatic carbocycles. The number of esters is 1. The first-order valence-electron chi connectivity index (χ1n) is 6.27. The lowest BCUT2D eigenvalue weighted by Crippen LogP contribution is -2.42. The summed E-state index contributed by atoms with van der Waals surface area (Å²) in [6.07, 6.45) is 1.67. The van der Waals surface area contributed by atoms with E-state index in [-0.39, 0.29) is 12.2 Å². The Morgan fingerprint density at radius 1 is 1.33 bits per heavy atom. The molecule has 0 unspecified atom stereocenters. The summed E-state index contributed by atoms with van der Waals surface area (Å²) in [6.45, 7) is 3.93. The molecule has 0 saturated carbocycles. The van der Waals surface area contributed by atoms with Crippen molar-refractivity contribution >= 4 is 16.0 Å². The third-order valence-corrected chi connectivity index (χ3v) is 4.56. The van der Waals surface area contributed by atoms with Crippen molar-refractivity contribution in [3.8, 4) is 0 Å². The monoisotopic (exact) mass is 279 g/mol. The number of hydrogen-bond donors (Lipinski definition) is 0. The van der Waals surface area contributed by atoms with Crippen LogP contribution in [-0.2, 0) is 24.3 Å². The molecular weight excluding hydrogens is 258 g/mol. The van der Waals surface area contributed by atoms with Crippen LogP contribution in [0.2, 0.25) is 0 Å². The normalized spacial score (nSPS) is 17.6. The Bertz CT molecular complexity index is 348. The van der Waals surface area contributed by atoms with Gasteiger partial charge < -0.3 is 9.47 Å². The number of unbranched alkanes of at least 4 members (excludes halogenated alkanes) is 1. The predicted molar refractivity (Wildman–Crippen MR) is 66.7 cm³/mol. The Balaban J connectivity index is 2.30. The van der Waals surface area contributed by atoms with E-state index < -0.39 is 16.0 Å². The number of rotatable bonds is 7. The van der Waals surface area contributed by atoms with Gasteiger partial charge in [0.2, 0.25) is 10.0 Å². The van der Waals surface area contributed by atoms with Crippen LogP contribution in [0.5, 0.6) is 0 Å². The van der Waals surface area contributed by atoms with Gasteiger partial charge in [-0.1, -0.05) is 13.3 Å². The molecule has 0 amide bonds.